The zero-order chi connectivity index (χ0) is 10.5. The molecule has 0 saturated heterocycles. The number of nitrogens with one attached hydrogen (secondary N) is 1. The highest BCUT2D eigenvalue weighted by atomic mass is 16.1. The quantitative estimate of drug-likeness (QED) is 0.717. The minimum absolute atomic E-state index is 0.0933. The second-order valence-corrected chi connectivity index (χ2v) is 4.99. The summed E-state index contributed by atoms with van der Waals surface area (Å²) in [6, 6.07) is 0.319. The van der Waals surface area contributed by atoms with Gasteiger partial charge in [-0.1, -0.05) is 34.1 Å². The fourth-order valence-corrected chi connectivity index (χ4v) is 1.31. The SMILES string of the molecule is CCCC(C)NC(=O)CC(C)(C)C. The lowest BCUT2D eigenvalue weighted by atomic mass is 9.92. The summed E-state index contributed by atoms with van der Waals surface area (Å²) in [5.74, 6) is 0.174. The van der Waals surface area contributed by atoms with Crippen molar-refractivity contribution in [2.24, 2.45) is 5.41 Å². The Morgan fingerprint density at radius 3 is 2.31 bits per heavy atom. The van der Waals surface area contributed by atoms with Gasteiger partial charge in [-0.15, -0.1) is 0 Å². The van der Waals surface area contributed by atoms with Crippen molar-refractivity contribution in [3.63, 3.8) is 0 Å². The molecule has 0 saturated carbocycles. The topological polar surface area (TPSA) is 29.1 Å². The molecule has 13 heavy (non-hydrogen) atoms. The number of amides is 1. The molecule has 0 aliphatic carbocycles. The highest BCUT2D eigenvalue weighted by Gasteiger charge is 2.16. The molecule has 0 aromatic heterocycles. The number of rotatable bonds is 4. The lowest BCUT2D eigenvalue weighted by molar-refractivity contribution is -0.123. The zero-order valence-corrected chi connectivity index (χ0v) is 9.61. The van der Waals surface area contributed by atoms with E-state index in [0.29, 0.717) is 12.5 Å². The number of carbonyl (C=O) groups excluding carboxylic acids is 1. The summed E-state index contributed by atoms with van der Waals surface area (Å²) >= 11 is 0. The van der Waals surface area contributed by atoms with Crippen LogP contribution in [0.2, 0.25) is 0 Å². The Morgan fingerprint density at radius 2 is 1.92 bits per heavy atom. The first-order valence-electron chi connectivity index (χ1n) is 5.14. The molecule has 0 aromatic rings. The summed E-state index contributed by atoms with van der Waals surface area (Å²) in [6.07, 6.45) is 2.80. The Balaban J connectivity index is 3.74. The van der Waals surface area contributed by atoms with Crippen molar-refractivity contribution in [2.45, 2.75) is 59.9 Å². The second-order valence-electron chi connectivity index (χ2n) is 4.99. The molecular formula is C11H23NO. The zero-order valence-electron chi connectivity index (χ0n) is 9.61. The normalized spacial score (nSPS) is 13.9. The van der Waals surface area contributed by atoms with E-state index in [1.165, 1.54) is 0 Å². The van der Waals surface area contributed by atoms with Crippen LogP contribution >= 0.6 is 0 Å². The molecule has 0 rings (SSSR count). The van der Waals surface area contributed by atoms with Crippen LogP contribution in [0.1, 0.15) is 53.9 Å². The molecule has 1 atom stereocenters. The fourth-order valence-electron chi connectivity index (χ4n) is 1.31. The van der Waals surface area contributed by atoms with Crippen molar-refractivity contribution in [1.29, 1.82) is 0 Å². The summed E-state index contributed by atoms with van der Waals surface area (Å²) in [7, 11) is 0. The van der Waals surface area contributed by atoms with Crippen LogP contribution in [0.25, 0.3) is 0 Å². The lowest BCUT2D eigenvalue weighted by Gasteiger charge is -2.19. The van der Waals surface area contributed by atoms with Crippen LogP contribution in [-0.2, 0) is 4.79 Å². The van der Waals surface area contributed by atoms with Gasteiger partial charge in [0.25, 0.3) is 0 Å². The molecule has 0 bridgehead atoms. The van der Waals surface area contributed by atoms with E-state index >= 15 is 0 Å². The van der Waals surface area contributed by atoms with Crippen LogP contribution in [0.4, 0.5) is 0 Å². The Bertz CT molecular complexity index is 158. The Morgan fingerprint density at radius 1 is 1.38 bits per heavy atom. The van der Waals surface area contributed by atoms with E-state index in [2.05, 4.69) is 39.9 Å². The second kappa shape index (κ2) is 5.25. The van der Waals surface area contributed by atoms with E-state index in [4.69, 9.17) is 0 Å². The van der Waals surface area contributed by atoms with E-state index in [1.54, 1.807) is 0 Å². The summed E-state index contributed by atoms with van der Waals surface area (Å²) in [4.78, 5) is 11.4. The van der Waals surface area contributed by atoms with Crippen LogP contribution in [0.3, 0.4) is 0 Å². The minimum atomic E-state index is 0.0933. The highest BCUT2D eigenvalue weighted by Crippen LogP contribution is 2.17. The first-order chi connectivity index (χ1) is 5.85. The van der Waals surface area contributed by atoms with Gasteiger partial charge < -0.3 is 5.32 Å². The van der Waals surface area contributed by atoms with Gasteiger partial charge in [0.1, 0.15) is 0 Å². The van der Waals surface area contributed by atoms with Gasteiger partial charge in [-0.3, -0.25) is 4.79 Å². The summed E-state index contributed by atoms with van der Waals surface area (Å²) in [6.45, 7) is 10.4. The van der Waals surface area contributed by atoms with Gasteiger partial charge in [-0.25, -0.2) is 0 Å². The molecule has 1 N–H and O–H groups in total. The first-order valence-corrected chi connectivity index (χ1v) is 5.14. The molecule has 0 aromatic carbocycles. The maximum Gasteiger partial charge on any atom is 0.220 e. The standard InChI is InChI=1S/C11H23NO/c1-6-7-9(2)12-10(13)8-11(3,4)5/h9H,6-8H2,1-5H3,(H,12,13). The van der Waals surface area contributed by atoms with E-state index in [9.17, 15) is 4.79 Å². The largest absolute Gasteiger partial charge is 0.354 e. The smallest absolute Gasteiger partial charge is 0.220 e. The molecule has 0 spiro atoms. The summed E-state index contributed by atoms with van der Waals surface area (Å²) in [5.41, 5.74) is 0.0933. The number of hydrogen-bond acceptors (Lipinski definition) is 1. The summed E-state index contributed by atoms with van der Waals surface area (Å²) < 4.78 is 0. The van der Waals surface area contributed by atoms with Crippen molar-refractivity contribution in [3.8, 4) is 0 Å². The molecule has 1 unspecified atom stereocenters. The van der Waals surface area contributed by atoms with Crippen LogP contribution in [-0.4, -0.2) is 11.9 Å². The van der Waals surface area contributed by atoms with Gasteiger partial charge >= 0.3 is 0 Å². The van der Waals surface area contributed by atoms with Gasteiger partial charge in [0.2, 0.25) is 5.91 Å². The highest BCUT2D eigenvalue weighted by molar-refractivity contribution is 5.76. The van der Waals surface area contributed by atoms with Gasteiger partial charge in [-0.2, -0.15) is 0 Å². The van der Waals surface area contributed by atoms with Crippen molar-refractivity contribution in [3.05, 3.63) is 0 Å². The number of carbonyl (C=O) groups is 1. The van der Waals surface area contributed by atoms with E-state index in [-0.39, 0.29) is 11.3 Å². The molecule has 0 heterocycles. The van der Waals surface area contributed by atoms with Crippen LogP contribution in [0.15, 0.2) is 0 Å². The Hall–Kier alpha value is -0.530. The van der Waals surface area contributed by atoms with Crippen LogP contribution in [0, 0.1) is 5.41 Å². The molecule has 78 valence electrons. The predicted molar refractivity (Wildman–Crippen MR) is 56.6 cm³/mol. The minimum Gasteiger partial charge on any atom is -0.354 e. The molecule has 0 fully saturated rings. The Kier molecular flexibility index (Phi) is 5.04. The van der Waals surface area contributed by atoms with E-state index < -0.39 is 0 Å². The van der Waals surface area contributed by atoms with Gasteiger partial charge in [0, 0.05) is 12.5 Å². The molecular weight excluding hydrogens is 162 g/mol. The molecule has 0 radical (unpaired) electrons. The van der Waals surface area contributed by atoms with E-state index in [0.717, 1.165) is 12.8 Å². The average Bonchev–Trinajstić information content (AvgIpc) is 1.81. The summed E-state index contributed by atoms with van der Waals surface area (Å²) in [5, 5.41) is 3.00. The van der Waals surface area contributed by atoms with Crippen molar-refractivity contribution < 1.29 is 4.79 Å². The molecule has 0 aliphatic rings. The van der Waals surface area contributed by atoms with Crippen molar-refractivity contribution >= 4 is 5.91 Å². The van der Waals surface area contributed by atoms with Crippen molar-refractivity contribution in [2.75, 3.05) is 0 Å². The molecule has 2 nitrogen and oxygen atoms in total. The lowest BCUT2D eigenvalue weighted by Crippen LogP contribution is -2.34. The Labute approximate surface area is 82.1 Å². The molecule has 2 heteroatoms. The third kappa shape index (κ3) is 7.82. The maximum absolute atomic E-state index is 11.4. The fraction of sp³-hybridized carbons (Fsp3) is 0.909. The first kappa shape index (κ1) is 12.5. The van der Waals surface area contributed by atoms with Crippen molar-refractivity contribution in [1.82, 2.24) is 5.32 Å². The average molecular weight is 185 g/mol. The van der Waals surface area contributed by atoms with E-state index in [1.807, 2.05) is 0 Å². The van der Waals surface area contributed by atoms with Crippen LogP contribution < -0.4 is 5.32 Å². The molecule has 0 aliphatic heterocycles. The third-order valence-corrected chi connectivity index (χ3v) is 1.82. The predicted octanol–water partition coefficient (Wildman–Crippen LogP) is 2.73. The van der Waals surface area contributed by atoms with Crippen LogP contribution in [0.5, 0.6) is 0 Å². The monoisotopic (exact) mass is 185 g/mol. The maximum atomic E-state index is 11.4. The van der Waals surface area contributed by atoms with Gasteiger partial charge in [0.05, 0.1) is 0 Å². The third-order valence-electron chi connectivity index (χ3n) is 1.82. The molecule has 1 amide bonds. The van der Waals surface area contributed by atoms with Gasteiger partial charge in [0.15, 0.2) is 0 Å². The van der Waals surface area contributed by atoms with Gasteiger partial charge in [-0.05, 0) is 18.8 Å². The number of hydrogen-bond donors (Lipinski definition) is 1.